The number of piperidine rings is 1. The topological polar surface area (TPSA) is 28.2 Å². The van der Waals surface area contributed by atoms with E-state index in [0.29, 0.717) is 6.04 Å². The first-order chi connectivity index (χ1) is 9.26. The third kappa shape index (κ3) is 3.61. The van der Waals surface area contributed by atoms with Gasteiger partial charge in [0.15, 0.2) is 0 Å². The predicted octanol–water partition coefficient (Wildman–Crippen LogP) is 3.61. The van der Waals surface area contributed by atoms with Gasteiger partial charge in [-0.05, 0) is 44.4 Å². The molecule has 0 spiro atoms. The Labute approximate surface area is 121 Å². The molecule has 0 aliphatic carbocycles. The minimum Gasteiger partial charge on any atom is -0.354 e. The molecule has 4 heteroatoms. The monoisotopic (exact) mass is 281 g/mol. The van der Waals surface area contributed by atoms with E-state index < -0.39 is 0 Å². The van der Waals surface area contributed by atoms with E-state index in [1.165, 1.54) is 25.7 Å². The SMILES string of the molecule is CCNCc1nc(N2CCCCC2CC)ccc1Cl. The van der Waals surface area contributed by atoms with Crippen molar-refractivity contribution in [1.82, 2.24) is 10.3 Å². The highest BCUT2D eigenvalue weighted by atomic mass is 35.5. The Balaban J connectivity index is 2.18. The van der Waals surface area contributed by atoms with Gasteiger partial charge >= 0.3 is 0 Å². The molecule has 1 aliphatic heterocycles. The van der Waals surface area contributed by atoms with E-state index in [2.05, 4.69) is 30.1 Å². The first kappa shape index (κ1) is 14.6. The minimum absolute atomic E-state index is 0.634. The van der Waals surface area contributed by atoms with E-state index >= 15 is 0 Å². The van der Waals surface area contributed by atoms with Gasteiger partial charge in [-0.15, -0.1) is 0 Å². The highest BCUT2D eigenvalue weighted by Gasteiger charge is 2.22. The molecular formula is C15H24ClN3. The molecule has 1 aromatic heterocycles. The number of halogens is 1. The van der Waals surface area contributed by atoms with Gasteiger partial charge in [-0.25, -0.2) is 4.98 Å². The molecular weight excluding hydrogens is 258 g/mol. The zero-order chi connectivity index (χ0) is 13.7. The first-order valence-corrected chi connectivity index (χ1v) is 7.76. The van der Waals surface area contributed by atoms with Crippen LogP contribution in [0.1, 0.15) is 45.2 Å². The summed E-state index contributed by atoms with van der Waals surface area (Å²) in [5, 5.41) is 4.05. The largest absolute Gasteiger partial charge is 0.354 e. The molecule has 2 heterocycles. The molecule has 1 aliphatic rings. The predicted molar refractivity (Wildman–Crippen MR) is 81.9 cm³/mol. The summed E-state index contributed by atoms with van der Waals surface area (Å²) < 4.78 is 0. The Morgan fingerprint density at radius 3 is 2.95 bits per heavy atom. The number of hydrogen-bond acceptors (Lipinski definition) is 3. The van der Waals surface area contributed by atoms with Crippen LogP contribution in [-0.2, 0) is 6.54 Å². The molecule has 1 aromatic rings. The van der Waals surface area contributed by atoms with Crippen LogP contribution in [0.25, 0.3) is 0 Å². The molecule has 1 N–H and O–H groups in total. The van der Waals surface area contributed by atoms with Gasteiger partial charge in [0.25, 0.3) is 0 Å². The smallest absolute Gasteiger partial charge is 0.129 e. The lowest BCUT2D eigenvalue weighted by Gasteiger charge is -2.36. The van der Waals surface area contributed by atoms with Gasteiger partial charge in [0.1, 0.15) is 5.82 Å². The Morgan fingerprint density at radius 1 is 1.37 bits per heavy atom. The summed E-state index contributed by atoms with van der Waals surface area (Å²) in [5.41, 5.74) is 0.960. The van der Waals surface area contributed by atoms with Crippen LogP contribution in [0.3, 0.4) is 0 Å². The fourth-order valence-electron chi connectivity index (χ4n) is 2.73. The van der Waals surface area contributed by atoms with Crippen LogP contribution in [0.15, 0.2) is 12.1 Å². The fraction of sp³-hybridized carbons (Fsp3) is 0.667. The van der Waals surface area contributed by atoms with Gasteiger partial charge < -0.3 is 10.2 Å². The molecule has 0 radical (unpaired) electrons. The summed E-state index contributed by atoms with van der Waals surface area (Å²) >= 11 is 6.22. The van der Waals surface area contributed by atoms with Crippen LogP contribution < -0.4 is 10.2 Å². The number of nitrogens with one attached hydrogen (secondary N) is 1. The van der Waals surface area contributed by atoms with E-state index in [1.54, 1.807) is 0 Å². The molecule has 1 unspecified atom stereocenters. The van der Waals surface area contributed by atoms with Crippen molar-refractivity contribution in [3.05, 3.63) is 22.8 Å². The van der Waals surface area contributed by atoms with Crippen molar-refractivity contribution in [2.75, 3.05) is 18.0 Å². The minimum atomic E-state index is 0.634. The van der Waals surface area contributed by atoms with Crippen LogP contribution in [0, 0.1) is 0 Å². The highest BCUT2D eigenvalue weighted by molar-refractivity contribution is 6.31. The third-order valence-electron chi connectivity index (χ3n) is 3.84. The molecule has 0 amide bonds. The Morgan fingerprint density at radius 2 is 2.21 bits per heavy atom. The summed E-state index contributed by atoms with van der Waals surface area (Å²) in [6.45, 7) is 7.15. The van der Waals surface area contributed by atoms with Gasteiger partial charge in [-0.3, -0.25) is 0 Å². The maximum Gasteiger partial charge on any atom is 0.129 e. The second-order valence-electron chi connectivity index (χ2n) is 5.13. The standard InChI is InChI=1S/C15H24ClN3/c1-3-12-7-5-6-10-19(12)15-9-8-13(16)14(18-15)11-17-4-2/h8-9,12,17H,3-7,10-11H2,1-2H3. The van der Waals surface area contributed by atoms with E-state index in [-0.39, 0.29) is 0 Å². The maximum absolute atomic E-state index is 6.22. The summed E-state index contributed by atoms with van der Waals surface area (Å²) in [4.78, 5) is 7.22. The average Bonchev–Trinajstić information content (AvgIpc) is 2.46. The molecule has 0 bridgehead atoms. The lowest BCUT2D eigenvalue weighted by atomic mass is 10.00. The van der Waals surface area contributed by atoms with Crippen molar-refractivity contribution in [2.24, 2.45) is 0 Å². The van der Waals surface area contributed by atoms with Gasteiger partial charge in [-0.1, -0.05) is 25.4 Å². The third-order valence-corrected chi connectivity index (χ3v) is 4.18. The van der Waals surface area contributed by atoms with Crippen molar-refractivity contribution in [3.63, 3.8) is 0 Å². The summed E-state index contributed by atoms with van der Waals surface area (Å²) in [7, 11) is 0. The van der Waals surface area contributed by atoms with Crippen molar-refractivity contribution >= 4 is 17.4 Å². The number of pyridine rings is 1. The molecule has 3 nitrogen and oxygen atoms in total. The van der Waals surface area contributed by atoms with Gasteiger partial charge in [0.05, 0.1) is 10.7 Å². The lowest BCUT2D eigenvalue weighted by Crippen LogP contribution is -2.39. The molecule has 2 rings (SSSR count). The highest BCUT2D eigenvalue weighted by Crippen LogP contribution is 2.27. The summed E-state index contributed by atoms with van der Waals surface area (Å²) in [6, 6.07) is 4.68. The van der Waals surface area contributed by atoms with Crippen molar-refractivity contribution in [2.45, 2.75) is 52.1 Å². The number of nitrogens with zero attached hydrogens (tertiary/aromatic N) is 2. The quantitative estimate of drug-likeness (QED) is 0.894. The average molecular weight is 282 g/mol. The Kier molecular flexibility index (Phi) is 5.46. The maximum atomic E-state index is 6.22. The fourth-order valence-corrected chi connectivity index (χ4v) is 2.90. The summed E-state index contributed by atoms with van der Waals surface area (Å²) in [6.07, 6.45) is 5.08. The van der Waals surface area contributed by atoms with Gasteiger partial charge in [-0.2, -0.15) is 0 Å². The van der Waals surface area contributed by atoms with Gasteiger partial charge in [0.2, 0.25) is 0 Å². The molecule has 106 valence electrons. The molecule has 1 fully saturated rings. The van der Waals surface area contributed by atoms with E-state index in [4.69, 9.17) is 16.6 Å². The second kappa shape index (κ2) is 7.11. The first-order valence-electron chi connectivity index (χ1n) is 7.39. The summed E-state index contributed by atoms with van der Waals surface area (Å²) in [5.74, 6) is 1.09. The zero-order valence-electron chi connectivity index (χ0n) is 12.0. The van der Waals surface area contributed by atoms with Crippen molar-refractivity contribution in [3.8, 4) is 0 Å². The van der Waals surface area contributed by atoms with E-state index in [1.807, 2.05) is 6.07 Å². The number of anilines is 1. The molecule has 0 aromatic carbocycles. The van der Waals surface area contributed by atoms with Crippen molar-refractivity contribution < 1.29 is 0 Å². The number of aromatic nitrogens is 1. The van der Waals surface area contributed by atoms with Crippen LogP contribution in [0.5, 0.6) is 0 Å². The zero-order valence-corrected chi connectivity index (χ0v) is 12.7. The van der Waals surface area contributed by atoms with Crippen LogP contribution in [0.2, 0.25) is 5.02 Å². The van der Waals surface area contributed by atoms with Crippen LogP contribution in [-0.4, -0.2) is 24.1 Å². The molecule has 1 atom stereocenters. The number of hydrogen-bond donors (Lipinski definition) is 1. The Bertz CT molecular complexity index is 408. The van der Waals surface area contributed by atoms with Crippen LogP contribution in [0.4, 0.5) is 5.82 Å². The van der Waals surface area contributed by atoms with E-state index in [9.17, 15) is 0 Å². The number of rotatable bonds is 5. The Hall–Kier alpha value is -0.800. The van der Waals surface area contributed by atoms with Gasteiger partial charge in [0, 0.05) is 19.1 Å². The molecule has 1 saturated heterocycles. The normalized spacial score (nSPS) is 19.7. The lowest BCUT2D eigenvalue weighted by molar-refractivity contribution is 0.446. The molecule has 0 saturated carbocycles. The second-order valence-corrected chi connectivity index (χ2v) is 5.54. The van der Waals surface area contributed by atoms with Crippen LogP contribution >= 0.6 is 11.6 Å². The van der Waals surface area contributed by atoms with E-state index in [0.717, 1.165) is 36.2 Å². The molecule has 19 heavy (non-hydrogen) atoms. The van der Waals surface area contributed by atoms with Crippen molar-refractivity contribution in [1.29, 1.82) is 0 Å².